The number of ether oxygens (including phenoxy) is 1. The highest BCUT2D eigenvalue weighted by Gasteiger charge is 2.32. The highest BCUT2D eigenvalue weighted by molar-refractivity contribution is 5.20. The summed E-state index contributed by atoms with van der Waals surface area (Å²) in [7, 11) is 2.21. The summed E-state index contributed by atoms with van der Waals surface area (Å²) in [5.41, 5.74) is 2.26. The topological polar surface area (TPSA) is 41.7 Å². The first-order chi connectivity index (χ1) is 9.13. The second kappa shape index (κ2) is 5.23. The van der Waals surface area contributed by atoms with Gasteiger partial charge in [0.1, 0.15) is 5.76 Å². The molecule has 0 amide bonds. The smallest absolute Gasteiger partial charge is 0.138 e. The highest BCUT2D eigenvalue weighted by Crippen LogP contribution is 2.23. The lowest BCUT2D eigenvalue weighted by atomic mass is 10.1. The third-order valence-corrected chi connectivity index (χ3v) is 4.31. The fraction of sp³-hybridized carbons (Fsp3) is 0.786. The number of aryl methyl sites for hydroxylation is 2. The molecule has 0 saturated carbocycles. The molecular weight excluding hydrogens is 242 g/mol. The van der Waals surface area contributed by atoms with E-state index in [1.807, 2.05) is 13.8 Å². The van der Waals surface area contributed by atoms with E-state index in [0.717, 1.165) is 50.8 Å². The third-order valence-electron chi connectivity index (χ3n) is 4.31. The van der Waals surface area contributed by atoms with Gasteiger partial charge in [0.15, 0.2) is 0 Å². The molecule has 0 aromatic carbocycles. The minimum absolute atomic E-state index is 0.478. The molecule has 2 aliphatic rings. The van der Waals surface area contributed by atoms with Crippen LogP contribution in [0.25, 0.3) is 0 Å². The fourth-order valence-electron chi connectivity index (χ4n) is 3.29. The Balaban J connectivity index is 1.80. The SMILES string of the molecule is Cc1noc(C)c1CN1C[C@H]2COC[C@@H]1CN(C)C2. The van der Waals surface area contributed by atoms with Gasteiger partial charge in [-0.25, -0.2) is 0 Å². The molecule has 5 nitrogen and oxygen atoms in total. The Bertz CT molecular complexity index is 426. The molecule has 2 aliphatic heterocycles. The normalized spacial score (nSPS) is 29.4. The Kier molecular flexibility index (Phi) is 3.60. The van der Waals surface area contributed by atoms with Crippen LogP contribution in [-0.2, 0) is 11.3 Å². The Morgan fingerprint density at radius 2 is 2.05 bits per heavy atom. The van der Waals surface area contributed by atoms with Crippen LogP contribution in [0.15, 0.2) is 4.52 Å². The summed E-state index contributed by atoms with van der Waals surface area (Å²) in [6.45, 7) is 10.0. The molecular formula is C14H23N3O2. The lowest BCUT2D eigenvalue weighted by molar-refractivity contribution is 0.0561. The van der Waals surface area contributed by atoms with Gasteiger partial charge in [0.25, 0.3) is 0 Å². The first-order valence-corrected chi connectivity index (χ1v) is 7.05. The van der Waals surface area contributed by atoms with E-state index in [-0.39, 0.29) is 0 Å². The Morgan fingerprint density at radius 1 is 1.21 bits per heavy atom. The van der Waals surface area contributed by atoms with Gasteiger partial charge in [0.2, 0.25) is 0 Å². The molecule has 1 aromatic heterocycles. The molecule has 2 bridgehead atoms. The van der Waals surface area contributed by atoms with Gasteiger partial charge in [0.05, 0.1) is 18.9 Å². The molecule has 0 unspecified atom stereocenters. The Labute approximate surface area is 114 Å². The van der Waals surface area contributed by atoms with Crippen molar-refractivity contribution in [1.29, 1.82) is 0 Å². The average molecular weight is 265 g/mol. The van der Waals surface area contributed by atoms with Crippen LogP contribution in [0.5, 0.6) is 0 Å². The molecule has 106 valence electrons. The van der Waals surface area contributed by atoms with Crippen molar-refractivity contribution in [3.8, 4) is 0 Å². The van der Waals surface area contributed by atoms with Crippen LogP contribution in [0.3, 0.4) is 0 Å². The van der Waals surface area contributed by atoms with Crippen LogP contribution in [0.2, 0.25) is 0 Å². The van der Waals surface area contributed by atoms with Crippen LogP contribution in [-0.4, -0.2) is 60.9 Å². The Hall–Kier alpha value is -0.910. The molecule has 2 saturated heterocycles. The minimum Gasteiger partial charge on any atom is -0.379 e. The van der Waals surface area contributed by atoms with Gasteiger partial charge in [-0.2, -0.15) is 0 Å². The summed E-state index contributed by atoms with van der Waals surface area (Å²) < 4.78 is 11.1. The molecule has 3 heterocycles. The number of likely N-dealkylation sites (N-methyl/N-ethyl adjacent to an activating group) is 1. The summed E-state index contributed by atoms with van der Waals surface area (Å²) in [5, 5.41) is 4.06. The molecule has 2 fully saturated rings. The molecule has 19 heavy (non-hydrogen) atoms. The maximum atomic E-state index is 5.81. The van der Waals surface area contributed by atoms with Gasteiger partial charge in [-0.05, 0) is 20.9 Å². The van der Waals surface area contributed by atoms with Crippen LogP contribution in [0.4, 0.5) is 0 Å². The highest BCUT2D eigenvalue weighted by atomic mass is 16.5. The zero-order valence-corrected chi connectivity index (χ0v) is 12.1. The first kappa shape index (κ1) is 13.1. The number of hydrogen-bond acceptors (Lipinski definition) is 5. The second-order valence-corrected chi connectivity index (χ2v) is 6.01. The molecule has 1 aromatic rings. The van der Waals surface area contributed by atoms with Crippen molar-refractivity contribution in [2.24, 2.45) is 5.92 Å². The standard InChI is InChI=1S/C14H23N3O2/c1-10-14(11(2)19-15-10)7-17-5-12-4-16(3)6-13(17)9-18-8-12/h12-13H,4-9H2,1-3H3/t12-,13-/m0/s1. The van der Waals surface area contributed by atoms with Crippen molar-refractivity contribution in [1.82, 2.24) is 15.0 Å². The van der Waals surface area contributed by atoms with Crippen molar-refractivity contribution < 1.29 is 9.26 Å². The van der Waals surface area contributed by atoms with E-state index in [1.165, 1.54) is 5.56 Å². The molecule has 0 N–H and O–H groups in total. The lowest BCUT2D eigenvalue weighted by Crippen LogP contribution is -2.42. The average Bonchev–Trinajstić information content (AvgIpc) is 2.53. The quantitative estimate of drug-likeness (QED) is 0.799. The lowest BCUT2D eigenvalue weighted by Gasteiger charge is -2.29. The fourth-order valence-corrected chi connectivity index (χ4v) is 3.29. The van der Waals surface area contributed by atoms with Crippen LogP contribution in [0, 0.1) is 19.8 Å². The van der Waals surface area contributed by atoms with Gasteiger partial charge in [-0.3, -0.25) is 4.90 Å². The number of hydrogen-bond donors (Lipinski definition) is 0. The minimum atomic E-state index is 0.478. The molecule has 3 rings (SSSR count). The zero-order chi connectivity index (χ0) is 13.4. The predicted octanol–water partition coefficient (Wildman–Crippen LogP) is 1.05. The van der Waals surface area contributed by atoms with Crippen molar-refractivity contribution in [2.75, 3.05) is 39.9 Å². The monoisotopic (exact) mass is 265 g/mol. The summed E-state index contributed by atoms with van der Waals surface area (Å²) in [6.07, 6.45) is 0. The van der Waals surface area contributed by atoms with Gasteiger partial charge >= 0.3 is 0 Å². The van der Waals surface area contributed by atoms with E-state index in [9.17, 15) is 0 Å². The van der Waals surface area contributed by atoms with Crippen molar-refractivity contribution in [3.63, 3.8) is 0 Å². The predicted molar refractivity (Wildman–Crippen MR) is 72.0 cm³/mol. The van der Waals surface area contributed by atoms with E-state index in [1.54, 1.807) is 0 Å². The van der Waals surface area contributed by atoms with E-state index >= 15 is 0 Å². The van der Waals surface area contributed by atoms with Crippen molar-refractivity contribution >= 4 is 0 Å². The van der Waals surface area contributed by atoms with E-state index in [2.05, 4.69) is 22.0 Å². The maximum Gasteiger partial charge on any atom is 0.138 e. The number of nitrogens with zero attached hydrogens (tertiary/aromatic N) is 3. The van der Waals surface area contributed by atoms with Gasteiger partial charge in [-0.15, -0.1) is 0 Å². The Morgan fingerprint density at radius 3 is 2.79 bits per heavy atom. The van der Waals surface area contributed by atoms with E-state index in [0.29, 0.717) is 12.0 Å². The summed E-state index contributed by atoms with van der Waals surface area (Å²) in [4.78, 5) is 4.99. The first-order valence-electron chi connectivity index (χ1n) is 7.05. The maximum absolute atomic E-state index is 5.81. The third kappa shape index (κ3) is 2.68. The van der Waals surface area contributed by atoms with Crippen molar-refractivity contribution in [3.05, 3.63) is 17.0 Å². The second-order valence-electron chi connectivity index (χ2n) is 6.01. The van der Waals surface area contributed by atoms with Crippen LogP contribution < -0.4 is 0 Å². The molecule has 0 spiro atoms. The van der Waals surface area contributed by atoms with Crippen LogP contribution >= 0.6 is 0 Å². The van der Waals surface area contributed by atoms with Crippen molar-refractivity contribution in [2.45, 2.75) is 26.4 Å². The molecule has 2 atom stereocenters. The summed E-state index contributed by atoms with van der Waals surface area (Å²) >= 11 is 0. The van der Waals surface area contributed by atoms with Gasteiger partial charge in [0, 0.05) is 43.7 Å². The largest absolute Gasteiger partial charge is 0.379 e. The summed E-state index contributed by atoms with van der Waals surface area (Å²) in [5.74, 6) is 1.56. The van der Waals surface area contributed by atoms with Gasteiger partial charge in [-0.1, -0.05) is 5.16 Å². The van der Waals surface area contributed by atoms with E-state index < -0.39 is 0 Å². The molecule has 0 aliphatic carbocycles. The number of aromatic nitrogens is 1. The number of fused-ring (bicyclic) bond motifs is 3. The van der Waals surface area contributed by atoms with Crippen LogP contribution in [0.1, 0.15) is 17.0 Å². The summed E-state index contributed by atoms with van der Waals surface area (Å²) in [6, 6.07) is 0.478. The van der Waals surface area contributed by atoms with E-state index in [4.69, 9.17) is 9.26 Å². The molecule has 0 radical (unpaired) electrons. The number of rotatable bonds is 2. The molecule has 5 heteroatoms. The van der Waals surface area contributed by atoms with Gasteiger partial charge < -0.3 is 14.2 Å². The zero-order valence-electron chi connectivity index (χ0n) is 12.1.